The first-order chi connectivity index (χ1) is 24.1. The minimum Gasteiger partial charge on any atom is -0.344 e. The first kappa shape index (κ1) is 44.8. The van der Waals surface area contributed by atoms with Crippen molar-refractivity contribution >= 4 is 15.6 Å². The molecule has 2 heterocycles. The summed E-state index contributed by atoms with van der Waals surface area (Å²) in [6.45, 7) is 5.66. The average molecular weight is 749 g/mol. The minimum atomic E-state index is -4.89. The molecule has 0 bridgehead atoms. The summed E-state index contributed by atoms with van der Waals surface area (Å²) in [4.78, 5) is 36.5. The van der Waals surface area contributed by atoms with Crippen molar-refractivity contribution in [3.8, 4) is 0 Å². The first-order valence-corrected chi connectivity index (χ1v) is 22.3. The Kier molecular flexibility index (Phi) is 23.7. The number of hydrogen-bond acceptors (Lipinski definition) is 9. The zero-order valence-electron chi connectivity index (χ0n) is 31.0. The third-order valence-electron chi connectivity index (χ3n) is 8.82. The number of phosphoric acid groups is 2. The van der Waals surface area contributed by atoms with Crippen LogP contribution in [0.1, 0.15) is 167 Å². The van der Waals surface area contributed by atoms with Crippen LogP contribution in [-0.4, -0.2) is 40.4 Å². The van der Waals surface area contributed by atoms with Gasteiger partial charge in [0.05, 0.1) is 19.8 Å². The minimum absolute atomic E-state index is 0.0614. The number of ether oxygens (including phenoxy) is 1. The average Bonchev–Trinajstić information content (AvgIpc) is 3.55. The summed E-state index contributed by atoms with van der Waals surface area (Å²) < 4.78 is 54.4. The van der Waals surface area contributed by atoms with E-state index in [0.29, 0.717) is 18.4 Å². The Hall–Kier alpha value is -1.36. The lowest BCUT2D eigenvalue weighted by Gasteiger charge is -2.21. The molecule has 0 saturated carbocycles. The van der Waals surface area contributed by atoms with E-state index in [1.165, 1.54) is 87.8 Å². The van der Waals surface area contributed by atoms with Gasteiger partial charge in [0, 0.05) is 11.8 Å². The largest absolute Gasteiger partial charge is 0.483 e. The van der Waals surface area contributed by atoms with Crippen LogP contribution in [0.3, 0.4) is 0 Å². The van der Waals surface area contributed by atoms with Gasteiger partial charge in [0.2, 0.25) is 0 Å². The number of nitrogens with one attached hydrogen (secondary N) is 1. The predicted octanol–water partition coefficient (Wildman–Crippen LogP) is 10.2. The van der Waals surface area contributed by atoms with E-state index < -0.39 is 45.8 Å². The van der Waals surface area contributed by atoms with Crippen molar-refractivity contribution in [1.82, 2.24) is 9.55 Å². The van der Waals surface area contributed by atoms with Crippen LogP contribution in [0.25, 0.3) is 0 Å². The second kappa shape index (κ2) is 26.4. The van der Waals surface area contributed by atoms with Gasteiger partial charge in [-0.15, -0.1) is 0 Å². The van der Waals surface area contributed by atoms with Crippen molar-refractivity contribution in [2.75, 3.05) is 19.8 Å². The third-order valence-corrected chi connectivity index (χ3v) is 11.9. The van der Waals surface area contributed by atoms with Crippen molar-refractivity contribution < 1.29 is 36.6 Å². The van der Waals surface area contributed by atoms with Crippen molar-refractivity contribution in [2.24, 2.45) is 0 Å². The molecule has 0 aromatic carbocycles. The van der Waals surface area contributed by atoms with Gasteiger partial charge in [0.15, 0.2) is 6.23 Å². The maximum absolute atomic E-state index is 13.5. The van der Waals surface area contributed by atoms with Gasteiger partial charge in [-0.3, -0.25) is 27.9 Å². The quantitative estimate of drug-likeness (QED) is 0.0413. The third kappa shape index (κ3) is 20.0. The van der Waals surface area contributed by atoms with Crippen molar-refractivity contribution in [3.63, 3.8) is 0 Å². The lowest BCUT2D eigenvalue weighted by molar-refractivity contribution is -0.0109. The molecule has 1 aliphatic rings. The van der Waals surface area contributed by atoms with Crippen LogP contribution in [0, 0.1) is 6.92 Å². The molecule has 0 spiro atoms. The number of aromatic nitrogens is 2. The van der Waals surface area contributed by atoms with E-state index in [4.69, 9.17) is 22.6 Å². The molecule has 12 nitrogen and oxygen atoms in total. The molecule has 4 atom stereocenters. The standard InChI is InChI=1S/C36H66N2O10P2/c1-4-6-8-10-12-13-14-15-16-17-18-19-20-21-23-25-29-45-50(43,44-28-24-22-11-9-7-5-2)48-49(41,42)46-31-33-26-27-34(47-33)38-30-32(3)35(39)37-36(38)40/h26-27,30,33-34H,4-25,28-29,31H2,1-3H3,(H,41,42)(H,37,39,40)/t33-,34+,50?/m0/s1. The molecule has 290 valence electrons. The lowest BCUT2D eigenvalue weighted by Crippen LogP contribution is -2.33. The normalized spacial score (nSPS) is 18.4. The highest BCUT2D eigenvalue weighted by Gasteiger charge is 2.39. The number of H-pyrrole nitrogens is 1. The Morgan fingerprint density at radius 3 is 1.60 bits per heavy atom. The zero-order valence-corrected chi connectivity index (χ0v) is 32.8. The summed E-state index contributed by atoms with van der Waals surface area (Å²) >= 11 is 0. The van der Waals surface area contributed by atoms with Gasteiger partial charge in [-0.05, 0) is 25.8 Å². The van der Waals surface area contributed by atoms with Crippen molar-refractivity contribution in [1.29, 1.82) is 0 Å². The Bertz CT molecular complexity index is 1280. The van der Waals surface area contributed by atoms with Gasteiger partial charge in [-0.25, -0.2) is 13.9 Å². The summed E-state index contributed by atoms with van der Waals surface area (Å²) in [6, 6.07) is 0. The van der Waals surface area contributed by atoms with Crippen LogP contribution in [0.2, 0.25) is 0 Å². The number of aryl methyl sites for hydroxylation is 1. The van der Waals surface area contributed by atoms with Gasteiger partial charge in [-0.2, -0.15) is 4.31 Å². The van der Waals surface area contributed by atoms with E-state index in [0.717, 1.165) is 51.4 Å². The fourth-order valence-corrected chi connectivity index (χ4v) is 8.50. The Labute approximate surface area is 300 Å². The molecule has 1 aromatic heterocycles. The van der Waals surface area contributed by atoms with E-state index in [1.54, 1.807) is 19.1 Å². The second-order valence-corrected chi connectivity index (χ2v) is 16.7. The molecule has 2 rings (SSSR count). The fraction of sp³-hybridized carbons (Fsp3) is 0.833. The highest BCUT2D eigenvalue weighted by Crippen LogP contribution is 2.63. The van der Waals surface area contributed by atoms with E-state index in [1.807, 2.05) is 0 Å². The summed E-state index contributed by atoms with van der Waals surface area (Å²) in [5.74, 6) is 0. The van der Waals surface area contributed by atoms with Crippen LogP contribution in [0.5, 0.6) is 0 Å². The van der Waals surface area contributed by atoms with Gasteiger partial charge in [0.25, 0.3) is 5.56 Å². The van der Waals surface area contributed by atoms with E-state index in [-0.39, 0.29) is 13.2 Å². The van der Waals surface area contributed by atoms with Gasteiger partial charge in [0.1, 0.15) is 6.10 Å². The maximum atomic E-state index is 13.5. The molecule has 0 aliphatic carbocycles. The fourth-order valence-electron chi connectivity index (χ4n) is 5.80. The van der Waals surface area contributed by atoms with Crippen molar-refractivity contribution in [3.05, 3.63) is 44.8 Å². The number of nitrogens with zero attached hydrogens (tertiary/aromatic N) is 1. The molecule has 0 fully saturated rings. The maximum Gasteiger partial charge on any atom is 0.483 e. The highest BCUT2D eigenvalue weighted by molar-refractivity contribution is 7.61. The lowest BCUT2D eigenvalue weighted by atomic mass is 10.0. The molecule has 50 heavy (non-hydrogen) atoms. The summed E-state index contributed by atoms with van der Waals surface area (Å²) in [6.07, 6.45) is 28.3. The van der Waals surface area contributed by atoms with Crippen LogP contribution in [-0.2, 0) is 31.7 Å². The smallest absolute Gasteiger partial charge is 0.344 e. The zero-order chi connectivity index (χ0) is 36.5. The van der Waals surface area contributed by atoms with Crippen LogP contribution < -0.4 is 11.2 Å². The van der Waals surface area contributed by atoms with Crippen LogP contribution in [0.4, 0.5) is 0 Å². The highest BCUT2D eigenvalue weighted by atomic mass is 31.3. The molecule has 2 unspecified atom stereocenters. The van der Waals surface area contributed by atoms with E-state index >= 15 is 0 Å². The van der Waals surface area contributed by atoms with Gasteiger partial charge < -0.3 is 9.63 Å². The van der Waals surface area contributed by atoms with E-state index in [2.05, 4.69) is 18.8 Å². The molecular weight excluding hydrogens is 682 g/mol. The van der Waals surface area contributed by atoms with Gasteiger partial charge in [-0.1, -0.05) is 148 Å². The first-order valence-electron chi connectivity index (χ1n) is 19.3. The number of hydrogen-bond donors (Lipinski definition) is 2. The number of phosphoric ester groups is 2. The molecule has 0 saturated heterocycles. The monoisotopic (exact) mass is 748 g/mol. The molecular formula is C36H66N2O10P2. The Balaban J connectivity index is 1.71. The number of unbranched alkanes of at least 4 members (excludes halogenated alkanes) is 20. The summed E-state index contributed by atoms with van der Waals surface area (Å²) in [7, 11) is -9.29. The van der Waals surface area contributed by atoms with Crippen LogP contribution >= 0.6 is 15.6 Å². The number of rotatable bonds is 32. The molecule has 14 heteroatoms. The molecule has 0 amide bonds. The Morgan fingerprint density at radius 1 is 0.700 bits per heavy atom. The summed E-state index contributed by atoms with van der Waals surface area (Å²) in [5, 5.41) is 0. The molecule has 1 aliphatic heterocycles. The molecule has 1 aromatic rings. The van der Waals surface area contributed by atoms with Crippen molar-refractivity contribution in [2.45, 2.75) is 174 Å². The Morgan fingerprint density at radius 2 is 1.14 bits per heavy atom. The SMILES string of the molecule is CCCCCCCCCCCCCCCCCCOP(=O)(OCCCCCCCC)OP(=O)(O)OC[C@@H]1C=C[C@H](n2cc(C)c(=O)[nH]c2=O)O1. The van der Waals surface area contributed by atoms with Gasteiger partial charge >= 0.3 is 21.3 Å². The predicted molar refractivity (Wildman–Crippen MR) is 198 cm³/mol. The second-order valence-electron chi connectivity index (χ2n) is 13.5. The van der Waals surface area contributed by atoms with Crippen LogP contribution in [0.15, 0.2) is 27.9 Å². The van der Waals surface area contributed by atoms with E-state index in [9.17, 15) is 23.6 Å². The molecule has 0 radical (unpaired) electrons. The number of aromatic amines is 1. The topological polar surface area (TPSA) is 155 Å². The molecule has 2 N–H and O–H groups in total. The summed E-state index contributed by atoms with van der Waals surface area (Å²) in [5.41, 5.74) is -0.824.